The van der Waals surface area contributed by atoms with Crippen LogP contribution in [0.3, 0.4) is 0 Å². The lowest BCUT2D eigenvalue weighted by Crippen LogP contribution is -2.09. The van der Waals surface area contributed by atoms with E-state index in [1.807, 2.05) is 10.8 Å². The van der Waals surface area contributed by atoms with E-state index < -0.39 is 11.7 Å². The monoisotopic (exact) mass is 294 g/mol. The molecule has 0 radical (unpaired) electrons. The van der Waals surface area contributed by atoms with E-state index in [9.17, 15) is 13.2 Å². The molecule has 21 heavy (non-hydrogen) atoms. The van der Waals surface area contributed by atoms with Crippen LogP contribution < -0.4 is 5.32 Å². The van der Waals surface area contributed by atoms with Crippen molar-refractivity contribution in [2.45, 2.75) is 19.1 Å². The van der Waals surface area contributed by atoms with Gasteiger partial charge < -0.3 is 9.88 Å². The van der Waals surface area contributed by atoms with Gasteiger partial charge >= 0.3 is 6.18 Å². The SMILES string of the molecule is N#Cc1cc(C(F)(F)F)ccc1NCCCn1ccnc1. The van der Waals surface area contributed by atoms with E-state index in [0.717, 1.165) is 25.1 Å². The van der Waals surface area contributed by atoms with Gasteiger partial charge in [0.05, 0.1) is 23.1 Å². The lowest BCUT2D eigenvalue weighted by Gasteiger charge is -2.11. The minimum atomic E-state index is -4.44. The van der Waals surface area contributed by atoms with E-state index in [-0.39, 0.29) is 5.56 Å². The predicted molar refractivity (Wildman–Crippen MR) is 71.5 cm³/mol. The van der Waals surface area contributed by atoms with Crippen LogP contribution in [0.2, 0.25) is 0 Å². The van der Waals surface area contributed by atoms with Gasteiger partial charge in [-0.1, -0.05) is 0 Å². The van der Waals surface area contributed by atoms with Gasteiger partial charge in [0.25, 0.3) is 0 Å². The molecule has 1 aromatic heterocycles. The summed E-state index contributed by atoms with van der Waals surface area (Å²) in [6.45, 7) is 1.30. The first kappa shape index (κ1) is 14.9. The molecule has 0 bridgehead atoms. The zero-order valence-corrected chi connectivity index (χ0v) is 11.1. The van der Waals surface area contributed by atoms with Crippen LogP contribution in [0.15, 0.2) is 36.9 Å². The fraction of sp³-hybridized carbons (Fsp3) is 0.286. The van der Waals surface area contributed by atoms with Crippen LogP contribution in [0.25, 0.3) is 0 Å². The molecule has 0 amide bonds. The van der Waals surface area contributed by atoms with E-state index in [1.54, 1.807) is 18.6 Å². The van der Waals surface area contributed by atoms with Gasteiger partial charge in [-0.05, 0) is 24.6 Å². The summed E-state index contributed by atoms with van der Waals surface area (Å²) in [7, 11) is 0. The van der Waals surface area contributed by atoms with E-state index in [4.69, 9.17) is 5.26 Å². The third-order valence-corrected chi connectivity index (χ3v) is 2.94. The molecule has 0 aliphatic carbocycles. The zero-order valence-electron chi connectivity index (χ0n) is 11.1. The van der Waals surface area contributed by atoms with Crippen LogP contribution in [0.5, 0.6) is 0 Å². The maximum Gasteiger partial charge on any atom is 0.416 e. The Labute approximate surface area is 119 Å². The molecule has 2 rings (SSSR count). The Bertz CT molecular complexity index is 627. The molecule has 0 unspecified atom stereocenters. The van der Waals surface area contributed by atoms with Gasteiger partial charge in [0.15, 0.2) is 0 Å². The molecule has 0 fully saturated rings. The number of nitrogens with zero attached hydrogens (tertiary/aromatic N) is 3. The first-order valence-electron chi connectivity index (χ1n) is 6.31. The molecule has 1 aromatic carbocycles. The van der Waals surface area contributed by atoms with Crippen molar-refractivity contribution in [1.29, 1.82) is 5.26 Å². The molecule has 0 saturated carbocycles. The summed E-state index contributed by atoms with van der Waals surface area (Å²) in [5.74, 6) is 0. The number of hydrogen-bond donors (Lipinski definition) is 1. The summed E-state index contributed by atoms with van der Waals surface area (Å²) < 4.78 is 39.6. The van der Waals surface area contributed by atoms with Crippen molar-refractivity contribution in [2.75, 3.05) is 11.9 Å². The number of anilines is 1. The highest BCUT2D eigenvalue weighted by molar-refractivity contribution is 5.58. The van der Waals surface area contributed by atoms with Crippen molar-refractivity contribution in [3.05, 3.63) is 48.0 Å². The first-order valence-corrected chi connectivity index (χ1v) is 6.31. The largest absolute Gasteiger partial charge is 0.416 e. The van der Waals surface area contributed by atoms with Crippen LogP contribution in [-0.4, -0.2) is 16.1 Å². The highest BCUT2D eigenvalue weighted by Crippen LogP contribution is 2.31. The highest BCUT2D eigenvalue weighted by atomic mass is 19.4. The van der Waals surface area contributed by atoms with Crippen molar-refractivity contribution in [2.24, 2.45) is 0 Å². The molecule has 1 N–H and O–H groups in total. The maximum atomic E-state index is 12.6. The average Bonchev–Trinajstić information content (AvgIpc) is 2.95. The van der Waals surface area contributed by atoms with Crippen molar-refractivity contribution in [3.8, 4) is 6.07 Å². The van der Waals surface area contributed by atoms with Crippen LogP contribution >= 0.6 is 0 Å². The molecule has 1 heterocycles. The van der Waals surface area contributed by atoms with Crippen LogP contribution in [0.1, 0.15) is 17.5 Å². The van der Waals surface area contributed by atoms with Crippen LogP contribution in [0, 0.1) is 11.3 Å². The van der Waals surface area contributed by atoms with Gasteiger partial charge in [-0.3, -0.25) is 0 Å². The Hall–Kier alpha value is -2.49. The molecule has 0 aliphatic heterocycles. The summed E-state index contributed by atoms with van der Waals surface area (Å²) in [5, 5.41) is 11.9. The molecule has 0 spiro atoms. The Kier molecular flexibility index (Phi) is 4.48. The molecule has 0 saturated heterocycles. The maximum absolute atomic E-state index is 12.6. The van der Waals surface area contributed by atoms with Gasteiger partial charge in [0, 0.05) is 25.5 Å². The molecule has 7 heteroatoms. The lowest BCUT2D eigenvalue weighted by atomic mass is 10.1. The fourth-order valence-electron chi connectivity index (χ4n) is 1.87. The Morgan fingerprint density at radius 1 is 1.33 bits per heavy atom. The Balaban J connectivity index is 1.95. The van der Waals surface area contributed by atoms with Gasteiger partial charge in [0.1, 0.15) is 6.07 Å². The van der Waals surface area contributed by atoms with Gasteiger partial charge in [-0.15, -0.1) is 0 Å². The zero-order chi connectivity index (χ0) is 15.3. The summed E-state index contributed by atoms with van der Waals surface area (Å²) in [6, 6.07) is 4.91. The smallest absolute Gasteiger partial charge is 0.384 e. The van der Waals surface area contributed by atoms with E-state index >= 15 is 0 Å². The molecule has 110 valence electrons. The van der Waals surface area contributed by atoms with Crippen LogP contribution in [0.4, 0.5) is 18.9 Å². The number of nitriles is 1. The third kappa shape index (κ3) is 3.99. The quantitative estimate of drug-likeness (QED) is 0.861. The third-order valence-electron chi connectivity index (χ3n) is 2.94. The number of rotatable bonds is 5. The van der Waals surface area contributed by atoms with Crippen molar-refractivity contribution >= 4 is 5.69 Å². The Morgan fingerprint density at radius 2 is 2.14 bits per heavy atom. The molecule has 4 nitrogen and oxygen atoms in total. The standard InChI is InChI=1S/C14H13F3N4/c15-14(16,17)12-2-3-13(11(8-12)9-18)20-4-1-6-21-7-5-19-10-21/h2-3,5,7-8,10,20H,1,4,6H2. The summed E-state index contributed by atoms with van der Waals surface area (Å²) in [5.41, 5.74) is -0.411. The summed E-state index contributed by atoms with van der Waals surface area (Å²) >= 11 is 0. The predicted octanol–water partition coefficient (Wildman–Crippen LogP) is 3.28. The second-order valence-electron chi connectivity index (χ2n) is 4.45. The van der Waals surface area contributed by atoms with E-state index in [2.05, 4.69) is 10.3 Å². The number of nitrogens with one attached hydrogen (secondary N) is 1. The van der Waals surface area contributed by atoms with Crippen molar-refractivity contribution in [3.63, 3.8) is 0 Å². The number of hydrogen-bond acceptors (Lipinski definition) is 3. The molecular formula is C14H13F3N4. The molecule has 2 aromatic rings. The van der Waals surface area contributed by atoms with Gasteiger partial charge in [-0.25, -0.2) is 4.98 Å². The minimum absolute atomic E-state index is 0.00699. The van der Waals surface area contributed by atoms with Crippen molar-refractivity contribution in [1.82, 2.24) is 9.55 Å². The fourth-order valence-corrected chi connectivity index (χ4v) is 1.87. The van der Waals surface area contributed by atoms with E-state index in [0.29, 0.717) is 12.2 Å². The normalized spacial score (nSPS) is 11.1. The first-order chi connectivity index (χ1) is 10.0. The number of alkyl halides is 3. The van der Waals surface area contributed by atoms with Crippen molar-refractivity contribution < 1.29 is 13.2 Å². The van der Waals surface area contributed by atoms with Crippen LogP contribution in [-0.2, 0) is 12.7 Å². The minimum Gasteiger partial charge on any atom is -0.384 e. The average molecular weight is 294 g/mol. The second kappa shape index (κ2) is 6.31. The number of aryl methyl sites for hydroxylation is 1. The number of benzene rings is 1. The van der Waals surface area contributed by atoms with E-state index in [1.165, 1.54) is 6.07 Å². The second-order valence-corrected chi connectivity index (χ2v) is 4.45. The summed E-state index contributed by atoms with van der Waals surface area (Å²) in [6.07, 6.45) is 1.53. The molecular weight excluding hydrogens is 281 g/mol. The highest BCUT2D eigenvalue weighted by Gasteiger charge is 2.30. The number of halogens is 3. The molecule has 0 aliphatic rings. The summed E-state index contributed by atoms with van der Waals surface area (Å²) in [4.78, 5) is 3.91. The molecule has 0 atom stereocenters. The van der Waals surface area contributed by atoms with Gasteiger partial charge in [-0.2, -0.15) is 18.4 Å². The number of aromatic nitrogens is 2. The Morgan fingerprint density at radius 3 is 2.76 bits per heavy atom. The lowest BCUT2D eigenvalue weighted by molar-refractivity contribution is -0.137. The number of imidazole rings is 1. The topological polar surface area (TPSA) is 53.6 Å². The van der Waals surface area contributed by atoms with Gasteiger partial charge in [0.2, 0.25) is 0 Å².